The lowest BCUT2D eigenvalue weighted by Crippen LogP contribution is -2.59. The zero-order chi connectivity index (χ0) is 22.8. The molecule has 2 atom stereocenters. The minimum atomic E-state index is -1.04. The van der Waals surface area contributed by atoms with Gasteiger partial charge >= 0.3 is 0 Å². The van der Waals surface area contributed by atoms with Crippen LogP contribution in [0.25, 0.3) is 0 Å². The van der Waals surface area contributed by atoms with Crippen LogP contribution in [0.5, 0.6) is 0 Å². The van der Waals surface area contributed by atoms with E-state index < -0.39 is 5.60 Å². The molecule has 6 heteroatoms. The van der Waals surface area contributed by atoms with Gasteiger partial charge in [-0.15, -0.1) is 11.3 Å². The number of ether oxygens (including phenoxy) is 1. The molecule has 2 saturated heterocycles. The number of amides is 2. The third kappa shape index (κ3) is 4.33. The number of hydrogen-bond donors (Lipinski definition) is 0. The fourth-order valence-corrected chi connectivity index (χ4v) is 5.67. The number of nitrogens with zero attached hydrogens (tertiary/aromatic N) is 2. The largest absolute Gasteiger partial charge is 0.361 e. The number of aryl methyl sites for hydroxylation is 1. The van der Waals surface area contributed by atoms with Crippen LogP contribution in [0.2, 0.25) is 0 Å². The molecule has 5 rings (SSSR count). The second-order valence-corrected chi connectivity index (χ2v) is 9.98. The summed E-state index contributed by atoms with van der Waals surface area (Å²) in [5.41, 5.74) is 2.19. The molecule has 2 amide bonds. The molecule has 0 N–H and O–H groups in total. The minimum Gasteiger partial charge on any atom is -0.361 e. The van der Waals surface area contributed by atoms with Crippen LogP contribution in [0.3, 0.4) is 0 Å². The summed E-state index contributed by atoms with van der Waals surface area (Å²) in [7, 11) is 0. The van der Waals surface area contributed by atoms with Gasteiger partial charge in [0.25, 0.3) is 5.91 Å². The molecule has 0 radical (unpaired) electrons. The fraction of sp³-hybridized carbons (Fsp3) is 0.333. The van der Waals surface area contributed by atoms with Gasteiger partial charge in [-0.3, -0.25) is 9.59 Å². The molecule has 1 spiro atoms. The number of carbonyl (C=O) groups excluding carboxylic acids is 2. The third-order valence-corrected chi connectivity index (χ3v) is 7.58. The summed E-state index contributed by atoms with van der Waals surface area (Å²) in [5, 5.41) is 2.03. The van der Waals surface area contributed by atoms with E-state index >= 15 is 0 Å². The van der Waals surface area contributed by atoms with Crippen LogP contribution in [0, 0.1) is 6.92 Å². The van der Waals surface area contributed by atoms with E-state index in [1.54, 1.807) is 11.3 Å². The van der Waals surface area contributed by atoms with Crippen molar-refractivity contribution in [2.45, 2.75) is 31.4 Å². The van der Waals surface area contributed by atoms with Crippen molar-refractivity contribution in [3.8, 4) is 0 Å². The van der Waals surface area contributed by atoms with Crippen LogP contribution >= 0.6 is 11.3 Å². The topological polar surface area (TPSA) is 49.9 Å². The Morgan fingerprint density at radius 2 is 1.88 bits per heavy atom. The molecule has 33 heavy (non-hydrogen) atoms. The molecule has 0 bridgehead atoms. The van der Waals surface area contributed by atoms with Crippen LogP contribution in [-0.2, 0) is 27.3 Å². The zero-order valence-electron chi connectivity index (χ0n) is 18.8. The molecule has 0 unspecified atom stereocenters. The predicted molar refractivity (Wildman–Crippen MR) is 129 cm³/mol. The summed E-state index contributed by atoms with van der Waals surface area (Å²) < 4.78 is 6.32. The standard InChI is InChI=1S/C27H28N2O3S/c1-20-9-11-21(12-10-20)16-25(30)28-13-14-32-27(19-28)24(22-6-3-2-4-7-22)18-29(26(27)31)17-23-8-5-15-33-23/h2-12,15,24H,13-14,16-19H2,1H3/t24-,27-/m1/s1. The Morgan fingerprint density at radius 3 is 2.61 bits per heavy atom. The highest BCUT2D eigenvalue weighted by molar-refractivity contribution is 7.09. The summed E-state index contributed by atoms with van der Waals surface area (Å²) in [6.07, 6.45) is 0.333. The number of carbonyl (C=O) groups is 2. The van der Waals surface area contributed by atoms with E-state index in [0.29, 0.717) is 32.7 Å². The average molecular weight is 461 g/mol. The van der Waals surface area contributed by atoms with Crippen molar-refractivity contribution in [1.82, 2.24) is 9.80 Å². The number of thiophene rings is 1. The van der Waals surface area contributed by atoms with Crippen molar-refractivity contribution in [2.24, 2.45) is 0 Å². The molecule has 3 aromatic rings. The van der Waals surface area contributed by atoms with Crippen molar-refractivity contribution >= 4 is 23.2 Å². The Hall–Kier alpha value is -2.96. The molecular weight excluding hydrogens is 432 g/mol. The first kappa shape index (κ1) is 21.9. The van der Waals surface area contributed by atoms with Crippen molar-refractivity contribution in [3.05, 3.63) is 93.7 Å². The summed E-state index contributed by atoms with van der Waals surface area (Å²) in [6, 6.07) is 22.2. The lowest BCUT2D eigenvalue weighted by molar-refractivity contribution is -0.167. The number of morpholine rings is 1. The highest BCUT2D eigenvalue weighted by atomic mass is 32.1. The van der Waals surface area contributed by atoms with E-state index in [4.69, 9.17) is 4.74 Å². The Morgan fingerprint density at radius 1 is 1.09 bits per heavy atom. The van der Waals surface area contributed by atoms with Gasteiger partial charge in [0.15, 0.2) is 5.60 Å². The van der Waals surface area contributed by atoms with Gasteiger partial charge in [-0.25, -0.2) is 0 Å². The number of hydrogen-bond acceptors (Lipinski definition) is 4. The van der Waals surface area contributed by atoms with E-state index in [1.165, 1.54) is 5.56 Å². The van der Waals surface area contributed by atoms with Crippen LogP contribution in [-0.4, -0.2) is 53.5 Å². The minimum absolute atomic E-state index is 0.0161. The second kappa shape index (κ2) is 9.12. The maximum Gasteiger partial charge on any atom is 0.257 e. The average Bonchev–Trinajstić information content (AvgIpc) is 3.44. The van der Waals surface area contributed by atoms with Gasteiger partial charge in [0.05, 0.1) is 26.1 Å². The first-order valence-corrected chi connectivity index (χ1v) is 12.3. The lowest BCUT2D eigenvalue weighted by Gasteiger charge is -2.42. The maximum atomic E-state index is 13.8. The van der Waals surface area contributed by atoms with Crippen molar-refractivity contribution in [1.29, 1.82) is 0 Å². The van der Waals surface area contributed by atoms with Gasteiger partial charge in [0.2, 0.25) is 5.91 Å². The van der Waals surface area contributed by atoms with Gasteiger partial charge in [0.1, 0.15) is 0 Å². The third-order valence-electron chi connectivity index (χ3n) is 6.72. The first-order chi connectivity index (χ1) is 16.0. The molecule has 0 aliphatic carbocycles. The molecule has 170 valence electrons. The number of benzene rings is 2. The van der Waals surface area contributed by atoms with Gasteiger partial charge in [0, 0.05) is 23.9 Å². The first-order valence-electron chi connectivity index (χ1n) is 11.4. The summed E-state index contributed by atoms with van der Waals surface area (Å²) in [6.45, 7) is 4.35. The normalized spacial score (nSPS) is 22.8. The monoisotopic (exact) mass is 460 g/mol. The van der Waals surface area contributed by atoms with Crippen LogP contribution in [0.4, 0.5) is 0 Å². The molecule has 2 fully saturated rings. The smallest absolute Gasteiger partial charge is 0.257 e. The lowest BCUT2D eigenvalue weighted by atomic mass is 9.83. The number of likely N-dealkylation sites (tertiary alicyclic amines) is 1. The Bertz CT molecular complexity index is 1110. The van der Waals surface area contributed by atoms with E-state index in [2.05, 4.69) is 18.2 Å². The Labute approximate surface area is 198 Å². The molecular formula is C27H28N2O3S. The van der Waals surface area contributed by atoms with Gasteiger partial charge in [-0.05, 0) is 29.5 Å². The highest BCUT2D eigenvalue weighted by Gasteiger charge is 2.58. The molecule has 3 heterocycles. The summed E-state index contributed by atoms with van der Waals surface area (Å²) in [4.78, 5) is 31.9. The van der Waals surface area contributed by atoms with Gasteiger partial charge in [-0.2, -0.15) is 0 Å². The fourth-order valence-electron chi connectivity index (χ4n) is 4.95. The van der Waals surface area contributed by atoms with E-state index in [1.807, 2.05) is 70.6 Å². The van der Waals surface area contributed by atoms with E-state index in [-0.39, 0.29) is 24.3 Å². The van der Waals surface area contributed by atoms with Crippen LogP contribution < -0.4 is 0 Å². The zero-order valence-corrected chi connectivity index (χ0v) is 19.6. The SMILES string of the molecule is Cc1ccc(CC(=O)N2CCO[C@@]3(C2)C(=O)N(Cc2cccs2)C[C@@H]3c2ccccc2)cc1. The van der Waals surface area contributed by atoms with Crippen molar-refractivity contribution in [3.63, 3.8) is 0 Å². The van der Waals surface area contributed by atoms with Crippen molar-refractivity contribution < 1.29 is 14.3 Å². The van der Waals surface area contributed by atoms with Crippen molar-refractivity contribution in [2.75, 3.05) is 26.2 Å². The molecule has 5 nitrogen and oxygen atoms in total. The molecule has 2 aliphatic rings. The highest BCUT2D eigenvalue weighted by Crippen LogP contribution is 2.42. The molecule has 2 aliphatic heterocycles. The van der Waals surface area contributed by atoms with Gasteiger partial charge < -0.3 is 14.5 Å². The number of rotatable bonds is 5. The van der Waals surface area contributed by atoms with E-state index in [9.17, 15) is 9.59 Å². The van der Waals surface area contributed by atoms with Crippen LogP contribution in [0.15, 0.2) is 72.1 Å². The Balaban J connectivity index is 1.41. The summed E-state index contributed by atoms with van der Waals surface area (Å²) in [5.74, 6) is -0.100. The molecule has 1 aromatic heterocycles. The second-order valence-electron chi connectivity index (χ2n) is 8.94. The Kier molecular flexibility index (Phi) is 6.04. The predicted octanol–water partition coefficient (Wildman–Crippen LogP) is 4.02. The maximum absolute atomic E-state index is 13.8. The molecule has 2 aromatic carbocycles. The van der Waals surface area contributed by atoms with E-state index in [0.717, 1.165) is 16.0 Å². The van der Waals surface area contributed by atoms with Gasteiger partial charge in [-0.1, -0.05) is 66.2 Å². The summed E-state index contributed by atoms with van der Waals surface area (Å²) >= 11 is 1.65. The van der Waals surface area contributed by atoms with Crippen LogP contribution in [0.1, 0.15) is 27.5 Å². The molecule has 0 saturated carbocycles. The quantitative estimate of drug-likeness (QED) is 0.578.